The van der Waals surface area contributed by atoms with Crippen LogP contribution in [-0.2, 0) is 11.3 Å². The summed E-state index contributed by atoms with van der Waals surface area (Å²) in [5.74, 6) is 0.198. The predicted molar refractivity (Wildman–Crippen MR) is 72.0 cm³/mol. The molecule has 0 fully saturated rings. The Labute approximate surface area is 106 Å². The SMILES string of the molecule is Cc1ccc(CN(C)C(=O)CSC(=N)N)cc1. The third-order valence-electron chi connectivity index (χ3n) is 2.32. The Morgan fingerprint density at radius 3 is 2.53 bits per heavy atom. The number of rotatable bonds is 4. The average molecular weight is 251 g/mol. The lowest BCUT2D eigenvalue weighted by Crippen LogP contribution is -2.28. The number of amidine groups is 1. The largest absolute Gasteiger partial charge is 0.379 e. The molecule has 0 aliphatic carbocycles. The number of aryl methyl sites for hydroxylation is 1. The van der Waals surface area contributed by atoms with Crippen molar-refractivity contribution in [1.82, 2.24) is 4.90 Å². The molecular weight excluding hydrogens is 234 g/mol. The molecule has 0 saturated heterocycles. The van der Waals surface area contributed by atoms with Crippen LogP contribution in [0.5, 0.6) is 0 Å². The molecule has 0 aliphatic rings. The van der Waals surface area contributed by atoms with E-state index in [2.05, 4.69) is 0 Å². The molecule has 1 aromatic rings. The van der Waals surface area contributed by atoms with Crippen molar-refractivity contribution in [1.29, 1.82) is 5.41 Å². The first-order valence-corrected chi connectivity index (χ1v) is 6.24. The normalized spacial score (nSPS) is 10.0. The quantitative estimate of drug-likeness (QED) is 0.630. The third kappa shape index (κ3) is 4.91. The zero-order valence-electron chi connectivity index (χ0n) is 10.1. The van der Waals surface area contributed by atoms with Gasteiger partial charge in [0.2, 0.25) is 5.91 Å². The molecule has 0 saturated carbocycles. The van der Waals surface area contributed by atoms with E-state index in [9.17, 15) is 4.79 Å². The number of hydrogen-bond donors (Lipinski definition) is 2. The van der Waals surface area contributed by atoms with Crippen LogP contribution in [0.3, 0.4) is 0 Å². The molecule has 0 bridgehead atoms. The van der Waals surface area contributed by atoms with E-state index in [0.717, 1.165) is 17.3 Å². The van der Waals surface area contributed by atoms with Crippen LogP contribution in [0, 0.1) is 12.3 Å². The van der Waals surface area contributed by atoms with Crippen LogP contribution >= 0.6 is 11.8 Å². The smallest absolute Gasteiger partial charge is 0.233 e. The van der Waals surface area contributed by atoms with Gasteiger partial charge < -0.3 is 10.6 Å². The van der Waals surface area contributed by atoms with Gasteiger partial charge >= 0.3 is 0 Å². The van der Waals surface area contributed by atoms with Crippen LogP contribution < -0.4 is 5.73 Å². The van der Waals surface area contributed by atoms with Crippen molar-refractivity contribution in [2.45, 2.75) is 13.5 Å². The van der Waals surface area contributed by atoms with Gasteiger partial charge in [-0.3, -0.25) is 10.2 Å². The molecule has 4 nitrogen and oxygen atoms in total. The number of nitrogens with two attached hydrogens (primary N) is 1. The lowest BCUT2D eigenvalue weighted by atomic mass is 10.1. The fraction of sp³-hybridized carbons (Fsp3) is 0.333. The molecule has 0 unspecified atom stereocenters. The number of nitrogens with zero attached hydrogens (tertiary/aromatic N) is 1. The van der Waals surface area contributed by atoms with E-state index in [4.69, 9.17) is 11.1 Å². The maximum absolute atomic E-state index is 11.7. The lowest BCUT2D eigenvalue weighted by Gasteiger charge is -2.17. The summed E-state index contributed by atoms with van der Waals surface area (Å²) in [7, 11) is 1.75. The molecule has 1 amide bonds. The van der Waals surface area contributed by atoms with Crippen molar-refractivity contribution in [3.05, 3.63) is 35.4 Å². The van der Waals surface area contributed by atoms with Gasteiger partial charge in [-0.05, 0) is 12.5 Å². The Bertz CT molecular complexity index is 403. The van der Waals surface area contributed by atoms with Crippen molar-refractivity contribution in [2.75, 3.05) is 12.8 Å². The minimum Gasteiger partial charge on any atom is -0.379 e. The first-order valence-electron chi connectivity index (χ1n) is 5.25. The number of benzene rings is 1. The molecular formula is C12H17N3OS. The van der Waals surface area contributed by atoms with Gasteiger partial charge in [-0.15, -0.1) is 0 Å². The minimum absolute atomic E-state index is 0.0224. The van der Waals surface area contributed by atoms with Gasteiger partial charge in [0, 0.05) is 13.6 Å². The highest BCUT2D eigenvalue weighted by Gasteiger charge is 2.09. The summed E-state index contributed by atoms with van der Waals surface area (Å²) in [6.07, 6.45) is 0. The van der Waals surface area contributed by atoms with E-state index in [1.165, 1.54) is 5.56 Å². The predicted octanol–water partition coefficient (Wildman–Crippen LogP) is 1.58. The molecule has 1 aromatic carbocycles. The Morgan fingerprint density at radius 2 is 2.00 bits per heavy atom. The van der Waals surface area contributed by atoms with Crippen LogP contribution in [0.4, 0.5) is 0 Å². The molecule has 5 heteroatoms. The van der Waals surface area contributed by atoms with E-state index in [0.29, 0.717) is 6.54 Å². The summed E-state index contributed by atoms with van der Waals surface area (Å²) in [6.45, 7) is 2.61. The maximum atomic E-state index is 11.7. The standard InChI is InChI=1S/C12H17N3OS/c1-9-3-5-10(6-4-9)7-15(2)11(16)8-17-12(13)14/h3-6H,7-8H2,1-2H3,(H3,13,14). The van der Waals surface area contributed by atoms with Gasteiger partial charge in [0.05, 0.1) is 5.75 Å². The molecule has 3 N–H and O–H groups in total. The van der Waals surface area contributed by atoms with Gasteiger partial charge in [-0.25, -0.2) is 0 Å². The van der Waals surface area contributed by atoms with E-state index in [-0.39, 0.29) is 16.8 Å². The van der Waals surface area contributed by atoms with E-state index < -0.39 is 0 Å². The van der Waals surface area contributed by atoms with E-state index in [1.54, 1.807) is 11.9 Å². The van der Waals surface area contributed by atoms with Crippen molar-refractivity contribution in [3.8, 4) is 0 Å². The van der Waals surface area contributed by atoms with Gasteiger partial charge in [0.1, 0.15) is 0 Å². The Kier molecular flexibility index (Phi) is 5.03. The molecule has 0 aromatic heterocycles. The fourth-order valence-electron chi connectivity index (χ4n) is 1.31. The van der Waals surface area contributed by atoms with Crippen molar-refractivity contribution in [3.63, 3.8) is 0 Å². The van der Waals surface area contributed by atoms with Crippen molar-refractivity contribution in [2.24, 2.45) is 5.73 Å². The molecule has 92 valence electrons. The maximum Gasteiger partial charge on any atom is 0.233 e. The molecule has 17 heavy (non-hydrogen) atoms. The summed E-state index contributed by atoms with van der Waals surface area (Å²) in [6, 6.07) is 8.07. The van der Waals surface area contributed by atoms with E-state index in [1.807, 2.05) is 31.2 Å². The van der Waals surface area contributed by atoms with Crippen LogP contribution in [0.1, 0.15) is 11.1 Å². The molecule has 1 rings (SSSR count). The molecule has 0 aliphatic heterocycles. The van der Waals surface area contributed by atoms with Gasteiger partial charge in [-0.2, -0.15) is 0 Å². The number of carbonyl (C=O) groups excluding carboxylic acids is 1. The average Bonchev–Trinajstić information content (AvgIpc) is 2.28. The van der Waals surface area contributed by atoms with Gasteiger partial charge in [-0.1, -0.05) is 41.6 Å². The monoisotopic (exact) mass is 251 g/mol. The zero-order valence-corrected chi connectivity index (χ0v) is 10.9. The Balaban J connectivity index is 2.48. The first kappa shape index (κ1) is 13.6. The van der Waals surface area contributed by atoms with Crippen LogP contribution in [-0.4, -0.2) is 28.8 Å². The molecule has 0 radical (unpaired) electrons. The second-order valence-electron chi connectivity index (χ2n) is 3.89. The Hall–Kier alpha value is -1.49. The molecule has 0 spiro atoms. The number of carbonyl (C=O) groups is 1. The van der Waals surface area contributed by atoms with Crippen molar-refractivity contribution < 1.29 is 4.79 Å². The lowest BCUT2D eigenvalue weighted by molar-refractivity contribution is -0.127. The Morgan fingerprint density at radius 1 is 1.41 bits per heavy atom. The molecule has 0 atom stereocenters. The van der Waals surface area contributed by atoms with Gasteiger partial charge in [0.25, 0.3) is 0 Å². The van der Waals surface area contributed by atoms with Crippen LogP contribution in [0.15, 0.2) is 24.3 Å². The highest BCUT2D eigenvalue weighted by atomic mass is 32.2. The van der Waals surface area contributed by atoms with Crippen molar-refractivity contribution >= 4 is 22.8 Å². The third-order valence-corrected chi connectivity index (χ3v) is 3.02. The van der Waals surface area contributed by atoms with Crippen LogP contribution in [0.25, 0.3) is 0 Å². The number of nitrogens with one attached hydrogen (secondary N) is 1. The number of hydrogen-bond acceptors (Lipinski definition) is 3. The summed E-state index contributed by atoms with van der Waals surface area (Å²) in [5, 5.41) is 7.02. The summed E-state index contributed by atoms with van der Waals surface area (Å²) >= 11 is 1.05. The first-order chi connectivity index (χ1) is 7.99. The van der Waals surface area contributed by atoms with E-state index >= 15 is 0 Å². The fourth-order valence-corrected chi connectivity index (χ4v) is 1.80. The molecule has 0 heterocycles. The number of amides is 1. The zero-order chi connectivity index (χ0) is 12.8. The number of thioether (sulfide) groups is 1. The second kappa shape index (κ2) is 6.30. The topological polar surface area (TPSA) is 70.2 Å². The van der Waals surface area contributed by atoms with Crippen LogP contribution in [0.2, 0.25) is 0 Å². The summed E-state index contributed by atoms with van der Waals surface area (Å²) in [4.78, 5) is 13.3. The second-order valence-corrected chi connectivity index (χ2v) is 4.91. The summed E-state index contributed by atoms with van der Waals surface area (Å²) in [5.41, 5.74) is 7.49. The minimum atomic E-state index is -0.0258. The summed E-state index contributed by atoms with van der Waals surface area (Å²) < 4.78 is 0. The highest BCUT2D eigenvalue weighted by Crippen LogP contribution is 2.07. The highest BCUT2D eigenvalue weighted by molar-refractivity contribution is 8.14. The van der Waals surface area contributed by atoms with Gasteiger partial charge in [0.15, 0.2) is 5.17 Å².